The predicted octanol–water partition coefficient (Wildman–Crippen LogP) is 1.84. The van der Waals surface area contributed by atoms with Crippen molar-refractivity contribution in [2.75, 3.05) is 10.7 Å². The summed E-state index contributed by atoms with van der Waals surface area (Å²) in [6.45, 7) is 1.86. The lowest BCUT2D eigenvalue weighted by Gasteiger charge is -2.09. The summed E-state index contributed by atoms with van der Waals surface area (Å²) in [5.41, 5.74) is 2.87. The van der Waals surface area contributed by atoms with Crippen LogP contribution < -0.4 is 16.6 Å². The van der Waals surface area contributed by atoms with E-state index in [1.807, 2.05) is 6.92 Å². The lowest BCUT2D eigenvalue weighted by Crippen LogP contribution is -2.18. The lowest BCUT2D eigenvalue weighted by molar-refractivity contribution is -0.384. The molecule has 0 aliphatic rings. The number of rotatable bonds is 4. The number of hydrogen-bond donors (Lipinski definition) is 3. The van der Waals surface area contributed by atoms with E-state index >= 15 is 0 Å². The van der Waals surface area contributed by atoms with Gasteiger partial charge in [0.1, 0.15) is 11.5 Å². The standard InChI is InChI=1S/C13H13N5O3/c1-8-5-6-15-11(7-8)16-13(19)9-3-2-4-10(18(20)21)12(9)17-14/h2-7,17H,14H2,1H3,(H,15,16,19). The normalized spacial score (nSPS) is 10.0. The zero-order valence-electron chi connectivity index (χ0n) is 11.2. The van der Waals surface area contributed by atoms with Gasteiger partial charge in [-0.1, -0.05) is 6.07 Å². The molecule has 0 bridgehead atoms. The van der Waals surface area contributed by atoms with Gasteiger partial charge in [-0.25, -0.2) is 4.98 Å². The second-order valence-corrected chi connectivity index (χ2v) is 4.27. The molecule has 1 heterocycles. The fourth-order valence-corrected chi connectivity index (χ4v) is 1.82. The molecule has 1 aromatic carbocycles. The maximum Gasteiger partial charge on any atom is 0.294 e. The van der Waals surface area contributed by atoms with Crippen LogP contribution in [0.5, 0.6) is 0 Å². The topological polar surface area (TPSA) is 123 Å². The maximum atomic E-state index is 12.2. The van der Waals surface area contributed by atoms with Crippen molar-refractivity contribution in [3.8, 4) is 0 Å². The van der Waals surface area contributed by atoms with E-state index in [1.165, 1.54) is 18.2 Å². The van der Waals surface area contributed by atoms with Gasteiger partial charge in [0.15, 0.2) is 0 Å². The second-order valence-electron chi connectivity index (χ2n) is 4.27. The van der Waals surface area contributed by atoms with Gasteiger partial charge in [0.05, 0.1) is 10.5 Å². The van der Waals surface area contributed by atoms with Crippen LogP contribution in [0.15, 0.2) is 36.5 Å². The molecule has 0 atom stereocenters. The molecule has 108 valence electrons. The minimum absolute atomic E-state index is 0.0485. The highest BCUT2D eigenvalue weighted by molar-refractivity contribution is 6.08. The number of anilines is 2. The van der Waals surface area contributed by atoms with Crippen molar-refractivity contribution in [3.63, 3.8) is 0 Å². The van der Waals surface area contributed by atoms with Crippen molar-refractivity contribution in [2.45, 2.75) is 6.92 Å². The van der Waals surface area contributed by atoms with E-state index in [-0.39, 0.29) is 16.9 Å². The van der Waals surface area contributed by atoms with Crippen LogP contribution in [0.2, 0.25) is 0 Å². The molecule has 0 spiro atoms. The Labute approximate surface area is 120 Å². The highest BCUT2D eigenvalue weighted by atomic mass is 16.6. The summed E-state index contributed by atoms with van der Waals surface area (Å²) in [6, 6.07) is 7.59. The first-order valence-corrected chi connectivity index (χ1v) is 6.01. The number of hydrogen-bond acceptors (Lipinski definition) is 6. The molecular formula is C13H13N5O3. The van der Waals surface area contributed by atoms with E-state index in [1.54, 1.807) is 18.3 Å². The van der Waals surface area contributed by atoms with Gasteiger partial charge in [-0.05, 0) is 30.7 Å². The van der Waals surface area contributed by atoms with E-state index < -0.39 is 10.8 Å². The Morgan fingerprint density at radius 2 is 2.14 bits per heavy atom. The number of nitrogen functional groups attached to an aromatic ring is 1. The van der Waals surface area contributed by atoms with Gasteiger partial charge < -0.3 is 10.7 Å². The Hall–Kier alpha value is -3.00. The SMILES string of the molecule is Cc1ccnc(NC(=O)c2cccc([N+](=O)[O-])c2NN)c1. The van der Waals surface area contributed by atoms with Crippen LogP contribution >= 0.6 is 0 Å². The predicted molar refractivity (Wildman–Crippen MR) is 77.8 cm³/mol. The Kier molecular flexibility index (Phi) is 4.10. The zero-order valence-corrected chi connectivity index (χ0v) is 11.2. The molecule has 21 heavy (non-hydrogen) atoms. The molecule has 0 unspecified atom stereocenters. The Bertz CT molecular complexity index is 702. The molecule has 0 aliphatic heterocycles. The van der Waals surface area contributed by atoms with Crippen molar-refractivity contribution in [1.82, 2.24) is 4.98 Å². The average molecular weight is 287 g/mol. The third-order valence-electron chi connectivity index (χ3n) is 2.79. The van der Waals surface area contributed by atoms with Crippen LogP contribution in [0.4, 0.5) is 17.2 Å². The molecule has 1 aromatic heterocycles. The average Bonchev–Trinajstić information content (AvgIpc) is 2.46. The van der Waals surface area contributed by atoms with Gasteiger partial charge in [-0.3, -0.25) is 20.8 Å². The van der Waals surface area contributed by atoms with Crippen LogP contribution in [0, 0.1) is 17.0 Å². The Morgan fingerprint density at radius 3 is 2.76 bits per heavy atom. The van der Waals surface area contributed by atoms with Gasteiger partial charge >= 0.3 is 0 Å². The summed E-state index contributed by atoms with van der Waals surface area (Å²) in [5.74, 6) is 5.11. The number of nitrogens with zero attached hydrogens (tertiary/aromatic N) is 2. The summed E-state index contributed by atoms with van der Waals surface area (Å²) >= 11 is 0. The molecule has 8 nitrogen and oxygen atoms in total. The van der Waals surface area contributed by atoms with Crippen LogP contribution in [-0.2, 0) is 0 Å². The molecule has 0 aliphatic carbocycles. The second kappa shape index (κ2) is 5.97. The number of para-hydroxylation sites is 1. The first kappa shape index (κ1) is 14.4. The third-order valence-corrected chi connectivity index (χ3v) is 2.79. The molecule has 2 aromatic rings. The summed E-state index contributed by atoms with van der Waals surface area (Å²) in [6.07, 6.45) is 1.56. The fraction of sp³-hybridized carbons (Fsp3) is 0.0769. The number of nitrogens with one attached hydrogen (secondary N) is 2. The molecule has 0 radical (unpaired) electrons. The zero-order chi connectivity index (χ0) is 15.4. The number of amides is 1. The molecule has 4 N–H and O–H groups in total. The molecule has 0 fully saturated rings. The van der Waals surface area contributed by atoms with Crippen molar-refractivity contribution in [2.24, 2.45) is 5.84 Å². The number of aryl methyl sites for hydroxylation is 1. The van der Waals surface area contributed by atoms with Crippen molar-refractivity contribution < 1.29 is 9.72 Å². The number of benzene rings is 1. The summed E-state index contributed by atoms with van der Waals surface area (Å²) in [7, 11) is 0. The van der Waals surface area contributed by atoms with E-state index in [9.17, 15) is 14.9 Å². The van der Waals surface area contributed by atoms with Gasteiger partial charge in [0.25, 0.3) is 11.6 Å². The van der Waals surface area contributed by atoms with E-state index in [0.29, 0.717) is 5.82 Å². The van der Waals surface area contributed by atoms with E-state index in [0.717, 1.165) is 5.56 Å². The fourth-order valence-electron chi connectivity index (χ4n) is 1.82. The van der Waals surface area contributed by atoms with Crippen LogP contribution in [0.3, 0.4) is 0 Å². The molecule has 2 rings (SSSR count). The molecule has 0 saturated carbocycles. The first-order chi connectivity index (χ1) is 10.0. The summed E-state index contributed by atoms with van der Waals surface area (Å²) in [4.78, 5) is 26.5. The largest absolute Gasteiger partial charge is 0.318 e. The number of hydrazine groups is 1. The Morgan fingerprint density at radius 1 is 1.38 bits per heavy atom. The summed E-state index contributed by atoms with van der Waals surface area (Å²) in [5, 5.41) is 13.5. The van der Waals surface area contributed by atoms with Crippen LogP contribution in [-0.4, -0.2) is 15.8 Å². The number of nitrogens with two attached hydrogens (primary N) is 1. The number of aromatic nitrogens is 1. The number of nitro benzene ring substituents is 1. The third kappa shape index (κ3) is 3.12. The highest BCUT2D eigenvalue weighted by Crippen LogP contribution is 2.27. The number of nitro groups is 1. The highest BCUT2D eigenvalue weighted by Gasteiger charge is 2.21. The molecule has 0 saturated heterocycles. The number of pyridine rings is 1. The minimum atomic E-state index is -0.614. The van der Waals surface area contributed by atoms with Crippen LogP contribution in [0.1, 0.15) is 15.9 Å². The quantitative estimate of drug-likeness (QED) is 0.448. The van der Waals surface area contributed by atoms with Crippen molar-refractivity contribution in [3.05, 3.63) is 57.8 Å². The maximum absolute atomic E-state index is 12.2. The smallest absolute Gasteiger partial charge is 0.294 e. The van der Waals surface area contributed by atoms with Crippen molar-refractivity contribution in [1.29, 1.82) is 0 Å². The number of carbonyl (C=O) groups is 1. The van der Waals surface area contributed by atoms with Crippen molar-refractivity contribution >= 4 is 23.1 Å². The van der Waals surface area contributed by atoms with Crippen LogP contribution in [0.25, 0.3) is 0 Å². The lowest BCUT2D eigenvalue weighted by atomic mass is 10.1. The van der Waals surface area contributed by atoms with Gasteiger partial charge in [0, 0.05) is 12.3 Å². The molecule has 1 amide bonds. The van der Waals surface area contributed by atoms with E-state index in [4.69, 9.17) is 5.84 Å². The molecular weight excluding hydrogens is 274 g/mol. The molecule has 8 heteroatoms. The summed E-state index contributed by atoms with van der Waals surface area (Å²) < 4.78 is 0. The van der Waals surface area contributed by atoms with E-state index in [2.05, 4.69) is 15.7 Å². The number of carbonyl (C=O) groups excluding carboxylic acids is 1. The Balaban J connectivity index is 2.35. The van der Waals surface area contributed by atoms with Gasteiger partial charge in [0.2, 0.25) is 0 Å². The van der Waals surface area contributed by atoms with Gasteiger partial charge in [-0.15, -0.1) is 0 Å². The van der Waals surface area contributed by atoms with Gasteiger partial charge in [-0.2, -0.15) is 0 Å². The first-order valence-electron chi connectivity index (χ1n) is 6.01. The monoisotopic (exact) mass is 287 g/mol. The minimum Gasteiger partial charge on any atom is -0.318 e.